The second-order valence-corrected chi connectivity index (χ2v) is 8.08. The minimum absolute atomic E-state index is 0.102. The number of nitrogens with zero attached hydrogens (tertiary/aromatic N) is 2. The lowest BCUT2D eigenvalue weighted by Gasteiger charge is -2.24. The number of rotatable bonds is 9. The Morgan fingerprint density at radius 3 is 2.19 bits per heavy atom. The van der Waals surface area contributed by atoms with E-state index in [4.69, 9.17) is 4.74 Å². The lowest BCUT2D eigenvalue weighted by atomic mass is 10.1. The van der Waals surface area contributed by atoms with Crippen LogP contribution in [-0.4, -0.2) is 45.4 Å². The summed E-state index contributed by atoms with van der Waals surface area (Å²) in [6.45, 7) is 5.58. The van der Waals surface area contributed by atoms with Crippen LogP contribution in [0.4, 0.5) is 5.69 Å². The smallest absolute Gasteiger partial charge is 0.321 e. The predicted molar refractivity (Wildman–Crippen MR) is 106 cm³/mol. The maximum absolute atomic E-state index is 12.5. The third-order valence-corrected chi connectivity index (χ3v) is 6.11. The van der Waals surface area contributed by atoms with E-state index in [0.717, 1.165) is 28.6 Å². The summed E-state index contributed by atoms with van der Waals surface area (Å²) >= 11 is 0. The summed E-state index contributed by atoms with van der Waals surface area (Å²) in [5.41, 5.74) is 1.91. The molecule has 6 nitrogen and oxygen atoms in total. The molecule has 0 heterocycles. The van der Waals surface area contributed by atoms with E-state index in [-0.39, 0.29) is 18.0 Å². The molecule has 146 valence electrons. The van der Waals surface area contributed by atoms with Crippen LogP contribution in [0, 0.1) is 0 Å². The Balaban J connectivity index is 2.01. The number of carbonyl (C=O) groups is 1. The minimum Gasteiger partial charge on any atom is -0.460 e. The highest BCUT2D eigenvalue weighted by molar-refractivity contribution is 7.89. The largest absolute Gasteiger partial charge is 0.460 e. The van der Waals surface area contributed by atoms with Gasteiger partial charge in [-0.15, -0.1) is 0 Å². The lowest BCUT2D eigenvalue weighted by Crippen LogP contribution is -2.33. The van der Waals surface area contributed by atoms with Gasteiger partial charge in [-0.1, -0.05) is 36.4 Å². The van der Waals surface area contributed by atoms with E-state index in [1.54, 1.807) is 18.2 Å². The molecule has 0 fully saturated rings. The van der Waals surface area contributed by atoms with Gasteiger partial charge in [0.05, 0.1) is 4.90 Å². The van der Waals surface area contributed by atoms with E-state index < -0.39 is 16.0 Å². The molecular formula is C20H26N2O4S. The van der Waals surface area contributed by atoms with E-state index in [1.807, 2.05) is 24.3 Å². The van der Waals surface area contributed by atoms with E-state index in [9.17, 15) is 13.2 Å². The molecule has 2 aromatic rings. The number of carbonyl (C=O) groups excluding carboxylic acids is 1. The van der Waals surface area contributed by atoms with Crippen molar-refractivity contribution in [3.05, 3.63) is 60.2 Å². The quantitative estimate of drug-likeness (QED) is 0.616. The summed E-state index contributed by atoms with van der Waals surface area (Å²) in [7, 11) is -2.35. The molecule has 0 radical (unpaired) electrons. The Morgan fingerprint density at radius 2 is 1.56 bits per heavy atom. The van der Waals surface area contributed by atoms with Gasteiger partial charge in [0, 0.05) is 31.4 Å². The minimum atomic E-state index is -3.72. The molecule has 0 aromatic heterocycles. The number of ether oxygens (including phenoxy) is 1. The molecule has 0 atom stereocenters. The molecule has 27 heavy (non-hydrogen) atoms. The molecule has 0 saturated carbocycles. The van der Waals surface area contributed by atoms with Gasteiger partial charge in [-0.3, -0.25) is 4.79 Å². The Bertz CT molecular complexity index is 849. The van der Waals surface area contributed by atoms with Crippen LogP contribution in [0.1, 0.15) is 19.4 Å². The normalized spacial score (nSPS) is 11.4. The van der Waals surface area contributed by atoms with Crippen molar-refractivity contribution >= 4 is 21.7 Å². The number of hydrogen-bond donors (Lipinski definition) is 0. The molecule has 0 aliphatic heterocycles. The van der Waals surface area contributed by atoms with Gasteiger partial charge in [-0.05, 0) is 32.0 Å². The highest BCUT2D eigenvalue weighted by atomic mass is 32.2. The van der Waals surface area contributed by atoms with E-state index >= 15 is 0 Å². The zero-order chi connectivity index (χ0) is 19.9. The van der Waals surface area contributed by atoms with Crippen molar-refractivity contribution in [2.45, 2.75) is 25.3 Å². The van der Waals surface area contributed by atoms with E-state index in [1.165, 1.54) is 19.2 Å². The molecule has 0 bridgehead atoms. The van der Waals surface area contributed by atoms with Gasteiger partial charge >= 0.3 is 5.97 Å². The van der Waals surface area contributed by atoms with Crippen LogP contribution in [0.25, 0.3) is 0 Å². The zero-order valence-corrected chi connectivity index (χ0v) is 16.8. The zero-order valence-electron chi connectivity index (χ0n) is 16.0. The summed E-state index contributed by atoms with van der Waals surface area (Å²) in [4.78, 5) is 14.5. The van der Waals surface area contributed by atoms with Crippen LogP contribution in [0.2, 0.25) is 0 Å². The summed E-state index contributed by atoms with van der Waals surface area (Å²) in [5.74, 6) is -0.591. The molecule has 0 N–H and O–H groups in total. The van der Waals surface area contributed by atoms with Crippen LogP contribution in [0.5, 0.6) is 0 Å². The highest BCUT2D eigenvalue weighted by Crippen LogP contribution is 2.21. The molecule has 2 aromatic carbocycles. The third-order valence-electron chi connectivity index (χ3n) is 4.29. The highest BCUT2D eigenvalue weighted by Gasteiger charge is 2.23. The number of benzene rings is 2. The number of sulfonamides is 1. The van der Waals surface area contributed by atoms with Crippen LogP contribution >= 0.6 is 0 Å². The van der Waals surface area contributed by atoms with E-state index in [2.05, 4.69) is 18.7 Å². The van der Waals surface area contributed by atoms with Crippen molar-refractivity contribution in [2.75, 3.05) is 31.6 Å². The average Bonchev–Trinajstić information content (AvgIpc) is 2.68. The van der Waals surface area contributed by atoms with Crippen molar-refractivity contribution < 1.29 is 17.9 Å². The van der Waals surface area contributed by atoms with Crippen molar-refractivity contribution in [3.63, 3.8) is 0 Å². The van der Waals surface area contributed by atoms with Crippen LogP contribution in [0.15, 0.2) is 59.5 Å². The summed E-state index contributed by atoms with van der Waals surface area (Å²) in [6, 6.07) is 15.7. The number of anilines is 1. The standard InChI is InChI=1S/C20H26N2O4S/c1-4-22(5-2)19-14-10-9-11-17(19)16-26-20(23)15-21(3)27(24,25)18-12-7-6-8-13-18/h6-14H,4-5,15-16H2,1-3H3. The topological polar surface area (TPSA) is 66.9 Å². The lowest BCUT2D eigenvalue weighted by molar-refractivity contribution is -0.144. The molecule has 0 aliphatic rings. The first-order valence-corrected chi connectivity index (χ1v) is 10.3. The van der Waals surface area contributed by atoms with E-state index in [0.29, 0.717) is 0 Å². The second-order valence-electron chi connectivity index (χ2n) is 6.04. The van der Waals surface area contributed by atoms with Gasteiger partial charge in [-0.2, -0.15) is 4.31 Å². The number of para-hydroxylation sites is 1. The molecule has 0 amide bonds. The fourth-order valence-electron chi connectivity index (χ4n) is 2.75. The Hall–Kier alpha value is -2.38. The van der Waals surface area contributed by atoms with Gasteiger partial charge in [0.2, 0.25) is 10.0 Å². The molecule has 0 spiro atoms. The first-order chi connectivity index (χ1) is 12.9. The fourth-order valence-corrected chi connectivity index (χ4v) is 3.89. The van der Waals surface area contributed by atoms with Gasteiger partial charge in [0.15, 0.2) is 0 Å². The van der Waals surface area contributed by atoms with Gasteiger partial charge in [-0.25, -0.2) is 8.42 Å². The molecule has 7 heteroatoms. The number of esters is 1. The second kappa shape index (κ2) is 9.53. The monoisotopic (exact) mass is 390 g/mol. The predicted octanol–water partition coefficient (Wildman–Crippen LogP) is 2.90. The summed E-state index contributed by atoms with van der Waals surface area (Å²) in [6.07, 6.45) is 0. The van der Waals surface area contributed by atoms with Crippen molar-refractivity contribution in [2.24, 2.45) is 0 Å². The molecule has 2 rings (SSSR count). The first-order valence-electron chi connectivity index (χ1n) is 8.90. The molecular weight excluding hydrogens is 364 g/mol. The van der Waals surface area contributed by atoms with Gasteiger partial charge < -0.3 is 9.64 Å². The maximum atomic E-state index is 12.5. The Labute approximate surface area is 161 Å². The summed E-state index contributed by atoms with van der Waals surface area (Å²) in [5, 5.41) is 0. The average molecular weight is 391 g/mol. The van der Waals surface area contributed by atoms with Crippen LogP contribution in [0.3, 0.4) is 0 Å². The fraction of sp³-hybridized carbons (Fsp3) is 0.350. The van der Waals surface area contributed by atoms with Crippen molar-refractivity contribution in [1.82, 2.24) is 4.31 Å². The Morgan fingerprint density at radius 1 is 0.963 bits per heavy atom. The maximum Gasteiger partial charge on any atom is 0.321 e. The third kappa shape index (κ3) is 5.30. The number of likely N-dealkylation sites (N-methyl/N-ethyl adjacent to an activating group) is 1. The molecule has 0 unspecified atom stereocenters. The molecule has 0 aliphatic carbocycles. The van der Waals surface area contributed by atoms with Crippen LogP contribution in [-0.2, 0) is 26.2 Å². The molecule has 0 saturated heterocycles. The summed E-state index contributed by atoms with van der Waals surface area (Å²) < 4.78 is 31.3. The van der Waals surface area contributed by atoms with Gasteiger partial charge in [0.1, 0.15) is 13.2 Å². The Kier molecular flexibility index (Phi) is 7.38. The first kappa shape index (κ1) is 20.9. The van der Waals surface area contributed by atoms with Crippen LogP contribution < -0.4 is 4.90 Å². The van der Waals surface area contributed by atoms with Crippen molar-refractivity contribution in [1.29, 1.82) is 0 Å². The number of hydrogen-bond acceptors (Lipinski definition) is 5. The van der Waals surface area contributed by atoms with Gasteiger partial charge in [0.25, 0.3) is 0 Å². The van der Waals surface area contributed by atoms with Crippen molar-refractivity contribution in [3.8, 4) is 0 Å². The SMILES string of the molecule is CCN(CC)c1ccccc1COC(=O)CN(C)S(=O)(=O)c1ccccc1.